The van der Waals surface area contributed by atoms with E-state index in [1.54, 1.807) is 13.8 Å². The molecule has 2 rings (SSSR count). The highest BCUT2D eigenvalue weighted by molar-refractivity contribution is 7.99. The maximum absolute atomic E-state index is 9.59. The number of hydrogen-bond acceptors (Lipinski definition) is 5. The Morgan fingerprint density at radius 2 is 1.85 bits per heavy atom. The summed E-state index contributed by atoms with van der Waals surface area (Å²) < 4.78 is 11.0. The van der Waals surface area contributed by atoms with Crippen molar-refractivity contribution in [2.75, 3.05) is 5.75 Å². The number of thioether (sulfide) groups is 1. The van der Waals surface area contributed by atoms with Crippen molar-refractivity contribution >= 4 is 11.8 Å². The van der Waals surface area contributed by atoms with Crippen LogP contribution in [-0.2, 0) is 9.47 Å². The van der Waals surface area contributed by atoms with Gasteiger partial charge < -0.3 is 19.7 Å². The number of rotatable bonds is 0. The van der Waals surface area contributed by atoms with Crippen molar-refractivity contribution in [2.24, 2.45) is 0 Å². The summed E-state index contributed by atoms with van der Waals surface area (Å²) in [5.74, 6) is -0.191. The van der Waals surface area contributed by atoms with E-state index in [0.717, 1.165) is 0 Å². The fraction of sp³-hybridized carbons (Fsp3) is 1.00. The molecule has 0 aromatic rings. The molecule has 4 nitrogen and oxygen atoms in total. The Morgan fingerprint density at radius 1 is 1.23 bits per heavy atom. The molecular weight excluding hydrogens is 192 g/mol. The maximum Gasteiger partial charge on any atom is 0.164 e. The molecular formula is C8H14O4S. The summed E-state index contributed by atoms with van der Waals surface area (Å²) in [6.45, 7) is 3.57. The fourth-order valence-corrected chi connectivity index (χ4v) is 2.71. The van der Waals surface area contributed by atoms with E-state index in [4.69, 9.17) is 9.47 Å². The largest absolute Gasteiger partial charge is 0.389 e. The molecule has 0 aromatic heterocycles. The van der Waals surface area contributed by atoms with Crippen LogP contribution in [0.1, 0.15) is 13.8 Å². The third-order valence-electron chi connectivity index (χ3n) is 2.26. The minimum Gasteiger partial charge on any atom is -0.389 e. The van der Waals surface area contributed by atoms with Gasteiger partial charge in [-0.25, -0.2) is 0 Å². The van der Waals surface area contributed by atoms with E-state index >= 15 is 0 Å². The molecule has 2 N–H and O–H groups in total. The van der Waals surface area contributed by atoms with Gasteiger partial charge in [0.25, 0.3) is 0 Å². The minimum atomic E-state index is -0.692. The standard InChI is InChI=1S/C8H14O4S/c1-8(2)11-5-4(9)3-13-7(10)6(5)12-8/h4-7,9-10H,3H2,1-2H3/t4-,5-,6-,7-/m1/s1. The van der Waals surface area contributed by atoms with Gasteiger partial charge in [-0.2, -0.15) is 0 Å². The van der Waals surface area contributed by atoms with Gasteiger partial charge in [-0.1, -0.05) is 0 Å². The predicted molar refractivity (Wildman–Crippen MR) is 48.3 cm³/mol. The second kappa shape index (κ2) is 3.10. The smallest absolute Gasteiger partial charge is 0.164 e. The average molecular weight is 206 g/mol. The molecule has 0 radical (unpaired) electrons. The van der Waals surface area contributed by atoms with Gasteiger partial charge in [-0.05, 0) is 13.8 Å². The van der Waals surface area contributed by atoms with Crippen LogP contribution in [0.15, 0.2) is 0 Å². The molecule has 4 atom stereocenters. The lowest BCUT2D eigenvalue weighted by Crippen LogP contribution is -2.46. The first-order chi connectivity index (χ1) is 5.99. The molecule has 0 aliphatic carbocycles. The maximum atomic E-state index is 9.59. The van der Waals surface area contributed by atoms with E-state index in [1.165, 1.54) is 11.8 Å². The van der Waals surface area contributed by atoms with Gasteiger partial charge in [-0.3, -0.25) is 0 Å². The first kappa shape index (κ1) is 9.73. The monoisotopic (exact) mass is 206 g/mol. The zero-order chi connectivity index (χ0) is 9.64. The quantitative estimate of drug-likeness (QED) is 0.581. The van der Waals surface area contributed by atoms with Crippen molar-refractivity contribution < 1.29 is 19.7 Å². The van der Waals surface area contributed by atoms with Gasteiger partial charge in [0.15, 0.2) is 5.79 Å². The van der Waals surface area contributed by atoms with Crippen LogP contribution < -0.4 is 0 Å². The first-order valence-corrected chi connectivity index (χ1v) is 5.38. The molecule has 5 heteroatoms. The molecule has 2 fully saturated rings. The molecule has 2 aliphatic heterocycles. The molecule has 76 valence electrons. The van der Waals surface area contributed by atoms with Crippen LogP contribution in [0.2, 0.25) is 0 Å². The second-order valence-corrected chi connectivity index (χ2v) is 5.01. The summed E-state index contributed by atoms with van der Waals surface area (Å²) in [6.07, 6.45) is -1.32. The molecule has 2 heterocycles. The third-order valence-corrected chi connectivity index (χ3v) is 3.41. The Bertz CT molecular complexity index is 188. The van der Waals surface area contributed by atoms with Gasteiger partial charge in [0.2, 0.25) is 0 Å². The Hall–Kier alpha value is 0.190. The predicted octanol–water partition coefficient (Wildman–Crippen LogP) is -0.0674. The summed E-state index contributed by atoms with van der Waals surface area (Å²) in [7, 11) is 0. The number of aliphatic hydroxyl groups excluding tert-OH is 2. The van der Waals surface area contributed by atoms with Crippen molar-refractivity contribution in [1.82, 2.24) is 0 Å². The van der Waals surface area contributed by atoms with E-state index in [9.17, 15) is 10.2 Å². The Labute approximate surface area is 81.2 Å². The van der Waals surface area contributed by atoms with Crippen molar-refractivity contribution in [2.45, 2.75) is 43.4 Å². The molecule has 0 aromatic carbocycles. The number of aliphatic hydroxyl groups is 2. The topological polar surface area (TPSA) is 58.9 Å². The van der Waals surface area contributed by atoms with Gasteiger partial charge in [0.05, 0.1) is 6.10 Å². The third kappa shape index (κ3) is 1.71. The van der Waals surface area contributed by atoms with Crippen molar-refractivity contribution in [3.63, 3.8) is 0 Å². The zero-order valence-electron chi connectivity index (χ0n) is 7.64. The molecule has 13 heavy (non-hydrogen) atoms. The van der Waals surface area contributed by atoms with E-state index in [1.807, 2.05) is 0 Å². The summed E-state index contributed by atoms with van der Waals surface area (Å²) in [4.78, 5) is 0. The summed E-state index contributed by atoms with van der Waals surface area (Å²) in [5.41, 5.74) is -0.588. The van der Waals surface area contributed by atoms with Crippen LogP contribution >= 0.6 is 11.8 Å². The van der Waals surface area contributed by atoms with Gasteiger partial charge in [0, 0.05) is 5.75 Å². The highest BCUT2D eigenvalue weighted by Crippen LogP contribution is 2.38. The first-order valence-electron chi connectivity index (χ1n) is 4.33. The van der Waals surface area contributed by atoms with Gasteiger partial charge in [0.1, 0.15) is 17.6 Å². The van der Waals surface area contributed by atoms with Crippen LogP contribution in [0, 0.1) is 0 Å². The van der Waals surface area contributed by atoms with Crippen LogP contribution in [-0.4, -0.2) is 45.5 Å². The number of fused-ring (bicyclic) bond motifs is 1. The highest BCUT2D eigenvalue weighted by Gasteiger charge is 2.50. The van der Waals surface area contributed by atoms with E-state index in [2.05, 4.69) is 0 Å². The fourth-order valence-electron chi connectivity index (χ4n) is 1.72. The summed E-state index contributed by atoms with van der Waals surface area (Å²) >= 11 is 1.30. The van der Waals surface area contributed by atoms with Crippen LogP contribution in [0.3, 0.4) is 0 Å². The Kier molecular flexibility index (Phi) is 2.32. The van der Waals surface area contributed by atoms with Crippen LogP contribution in [0.4, 0.5) is 0 Å². The van der Waals surface area contributed by atoms with Crippen molar-refractivity contribution in [3.8, 4) is 0 Å². The highest BCUT2D eigenvalue weighted by atomic mass is 32.2. The molecule has 0 amide bonds. The van der Waals surface area contributed by atoms with E-state index in [0.29, 0.717) is 5.75 Å². The van der Waals surface area contributed by atoms with Gasteiger partial charge >= 0.3 is 0 Å². The molecule has 0 saturated carbocycles. The Morgan fingerprint density at radius 3 is 2.46 bits per heavy atom. The normalized spacial score (nSPS) is 48.9. The minimum absolute atomic E-state index is 0.383. The lowest BCUT2D eigenvalue weighted by Gasteiger charge is -2.30. The number of hydrogen-bond donors (Lipinski definition) is 2. The molecule has 0 bridgehead atoms. The number of ether oxygens (including phenoxy) is 2. The lowest BCUT2D eigenvalue weighted by molar-refractivity contribution is -0.155. The van der Waals surface area contributed by atoms with Gasteiger partial charge in [-0.15, -0.1) is 11.8 Å². The van der Waals surface area contributed by atoms with Crippen molar-refractivity contribution in [3.05, 3.63) is 0 Å². The lowest BCUT2D eigenvalue weighted by atomic mass is 10.1. The van der Waals surface area contributed by atoms with Crippen LogP contribution in [0.25, 0.3) is 0 Å². The summed E-state index contributed by atoms with van der Waals surface area (Å²) in [6, 6.07) is 0. The van der Waals surface area contributed by atoms with E-state index < -0.39 is 23.4 Å². The average Bonchev–Trinajstić information content (AvgIpc) is 2.35. The summed E-state index contributed by atoms with van der Waals surface area (Å²) in [5, 5.41) is 19.2. The van der Waals surface area contributed by atoms with Crippen molar-refractivity contribution in [1.29, 1.82) is 0 Å². The molecule has 0 spiro atoms. The molecule has 2 aliphatic rings. The second-order valence-electron chi connectivity index (χ2n) is 3.86. The molecule has 2 saturated heterocycles. The van der Waals surface area contributed by atoms with E-state index in [-0.39, 0.29) is 6.10 Å². The SMILES string of the molecule is CC1(C)O[C@@H]2[C@H](O1)[C@H](O)CS[C@H]2O. The Balaban J connectivity index is 2.14. The molecule has 0 unspecified atom stereocenters. The zero-order valence-corrected chi connectivity index (χ0v) is 8.45. The van der Waals surface area contributed by atoms with Crippen LogP contribution in [0.5, 0.6) is 0 Å².